The number of likely N-dealkylation sites (tertiary alicyclic amines) is 1. The highest BCUT2D eigenvalue weighted by Gasteiger charge is 2.29. The first-order valence-corrected chi connectivity index (χ1v) is 7.68. The van der Waals surface area contributed by atoms with Gasteiger partial charge < -0.3 is 15.4 Å². The van der Waals surface area contributed by atoms with Crippen LogP contribution in [0.25, 0.3) is 0 Å². The van der Waals surface area contributed by atoms with Crippen molar-refractivity contribution in [2.24, 2.45) is 11.7 Å². The Morgan fingerprint density at radius 2 is 2.24 bits per heavy atom. The quantitative estimate of drug-likeness (QED) is 0.924. The molecule has 0 saturated carbocycles. The average molecular weight is 290 g/mol. The van der Waals surface area contributed by atoms with Crippen molar-refractivity contribution >= 4 is 5.91 Å². The Morgan fingerprint density at radius 3 is 2.90 bits per heavy atom. The summed E-state index contributed by atoms with van der Waals surface area (Å²) >= 11 is 0. The van der Waals surface area contributed by atoms with E-state index < -0.39 is 0 Å². The molecule has 2 unspecified atom stereocenters. The molecule has 0 aliphatic carbocycles. The number of rotatable bonds is 4. The van der Waals surface area contributed by atoms with E-state index in [4.69, 9.17) is 10.5 Å². The second-order valence-corrected chi connectivity index (χ2v) is 6.10. The topological polar surface area (TPSA) is 55.6 Å². The predicted octanol–water partition coefficient (Wildman–Crippen LogP) is 2.13. The molecule has 2 atom stereocenters. The zero-order valence-corrected chi connectivity index (χ0v) is 13.3. The highest BCUT2D eigenvalue weighted by atomic mass is 16.5. The summed E-state index contributed by atoms with van der Waals surface area (Å²) in [5.41, 5.74) is 7.94. The summed E-state index contributed by atoms with van der Waals surface area (Å²) in [6, 6.07) is 6.13. The summed E-state index contributed by atoms with van der Waals surface area (Å²) in [6.45, 7) is 5.61. The molecular weight excluding hydrogens is 264 g/mol. The minimum atomic E-state index is 0.154. The molecule has 2 N–H and O–H groups in total. The third-order valence-electron chi connectivity index (χ3n) is 4.35. The van der Waals surface area contributed by atoms with Crippen LogP contribution in [0, 0.1) is 12.8 Å². The van der Waals surface area contributed by atoms with Crippen LogP contribution in [0.4, 0.5) is 0 Å². The van der Waals surface area contributed by atoms with Crippen molar-refractivity contribution in [2.75, 3.05) is 20.2 Å². The highest BCUT2D eigenvalue weighted by Crippen LogP contribution is 2.25. The van der Waals surface area contributed by atoms with Crippen LogP contribution in [0.5, 0.6) is 5.75 Å². The number of nitrogens with zero attached hydrogens (tertiary/aromatic N) is 1. The van der Waals surface area contributed by atoms with Gasteiger partial charge in [0.25, 0.3) is 0 Å². The first-order valence-electron chi connectivity index (χ1n) is 7.68. The molecule has 116 valence electrons. The van der Waals surface area contributed by atoms with Crippen LogP contribution in [0.1, 0.15) is 30.9 Å². The van der Waals surface area contributed by atoms with Gasteiger partial charge in [-0.1, -0.05) is 24.6 Å². The SMILES string of the molecule is COc1ccc(C)cc1CC(=O)N1CCC(C)CC1CN. The van der Waals surface area contributed by atoms with Crippen LogP contribution in [0.15, 0.2) is 18.2 Å². The van der Waals surface area contributed by atoms with Crippen molar-refractivity contribution in [3.63, 3.8) is 0 Å². The van der Waals surface area contributed by atoms with Gasteiger partial charge in [0.15, 0.2) is 0 Å². The smallest absolute Gasteiger partial charge is 0.227 e. The molecule has 2 rings (SSSR count). The number of carbonyl (C=O) groups excluding carboxylic acids is 1. The molecule has 1 saturated heterocycles. The number of hydrogen-bond donors (Lipinski definition) is 1. The summed E-state index contributed by atoms with van der Waals surface area (Å²) in [5, 5.41) is 0. The van der Waals surface area contributed by atoms with Gasteiger partial charge in [0.1, 0.15) is 5.75 Å². The first-order chi connectivity index (χ1) is 10.0. The highest BCUT2D eigenvalue weighted by molar-refractivity contribution is 5.80. The molecule has 1 aromatic carbocycles. The number of amides is 1. The second kappa shape index (κ2) is 6.94. The molecule has 0 radical (unpaired) electrons. The predicted molar refractivity (Wildman–Crippen MR) is 84.4 cm³/mol. The molecule has 1 amide bonds. The van der Waals surface area contributed by atoms with E-state index in [9.17, 15) is 4.79 Å². The summed E-state index contributed by atoms with van der Waals surface area (Å²) < 4.78 is 5.36. The third-order valence-corrected chi connectivity index (χ3v) is 4.35. The van der Waals surface area contributed by atoms with Crippen molar-refractivity contribution in [3.8, 4) is 5.75 Å². The van der Waals surface area contributed by atoms with E-state index >= 15 is 0 Å². The Balaban J connectivity index is 2.12. The van der Waals surface area contributed by atoms with Gasteiger partial charge in [0.05, 0.1) is 13.5 Å². The number of benzene rings is 1. The Labute approximate surface area is 127 Å². The molecule has 4 heteroatoms. The number of nitrogens with two attached hydrogens (primary N) is 1. The van der Waals surface area contributed by atoms with Crippen LogP contribution >= 0.6 is 0 Å². The number of ether oxygens (including phenoxy) is 1. The average Bonchev–Trinajstić information content (AvgIpc) is 2.47. The third kappa shape index (κ3) is 3.76. The molecule has 1 aliphatic heterocycles. The fourth-order valence-corrected chi connectivity index (χ4v) is 3.11. The monoisotopic (exact) mass is 290 g/mol. The Kier molecular flexibility index (Phi) is 5.23. The van der Waals surface area contributed by atoms with Gasteiger partial charge in [-0.05, 0) is 31.7 Å². The van der Waals surface area contributed by atoms with Crippen LogP contribution in [0.2, 0.25) is 0 Å². The van der Waals surface area contributed by atoms with E-state index in [0.29, 0.717) is 18.9 Å². The van der Waals surface area contributed by atoms with E-state index in [1.165, 1.54) is 0 Å². The zero-order chi connectivity index (χ0) is 15.4. The van der Waals surface area contributed by atoms with Gasteiger partial charge >= 0.3 is 0 Å². The van der Waals surface area contributed by atoms with Crippen molar-refractivity contribution in [3.05, 3.63) is 29.3 Å². The number of aryl methyl sites for hydroxylation is 1. The van der Waals surface area contributed by atoms with E-state index in [-0.39, 0.29) is 11.9 Å². The number of methoxy groups -OCH3 is 1. The van der Waals surface area contributed by atoms with Gasteiger partial charge in [-0.25, -0.2) is 0 Å². The fraction of sp³-hybridized carbons (Fsp3) is 0.588. The molecule has 0 spiro atoms. The van der Waals surface area contributed by atoms with E-state index in [0.717, 1.165) is 36.3 Å². The summed E-state index contributed by atoms with van der Waals surface area (Å²) in [5.74, 6) is 1.58. The van der Waals surface area contributed by atoms with Crippen LogP contribution < -0.4 is 10.5 Å². The van der Waals surface area contributed by atoms with E-state index in [2.05, 4.69) is 6.92 Å². The molecule has 21 heavy (non-hydrogen) atoms. The molecule has 1 aromatic rings. The van der Waals surface area contributed by atoms with Gasteiger partial charge in [-0.2, -0.15) is 0 Å². The lowest BCUT2D eigenvalue weighted by Gasteiger charge is -2.38. The molecule has 4 nitrogen and oxygen atoms in total. The van der Waals surface area contributed by atoms with Crippen LogP contribution in [-0.4, -0.2) is 37.0 Å². The summed E-state index contributed by atoms with van der Waals surface area (Å²) in [7, 11) is 1.64. The zero-order valence-electron chi connectivity index (χ0n) is 13.3. The van der Waals surface area contributed by atoms with E-state index in [1.54, 1.807) is 7.11 Å². The lowest BCUT2D eigenvalue weighted by atomic mass is 9.92. The second-order valence-electron chi connectivity index (χ2n) is 6.10. The Morgan fingerprint density at radius 1 is 1.48 bits per heavy atom. The fourth-order valence-electron chi connectivity index (χ4n) is 3.11. The first kappa shape index (κ1) is 15.8. The minimum absolute atomic E-state index is 0.154. The van der Waals surface area contributed by atoms with Crippen molar-refractivity contribution in [2.45, 2.75) is 39.2 Å². The Bertz CT molecular complexity index is 502. The van der Waals surface area contributed by atoms with Crippen molar-refractivity contribution in [1.29, 1.82) is 0 Å². The molecule has 1 aliphatic rings. The maximum absolute atomic E-state index is 12.6. The van der Waals surface area contributed by atoms with Gasteiger partial charge in [-0.3, -0.25) is 4.79 Å². The molecule has 0 aromatic heterocycles. The number of piperidine rings is 1. The van der Waals surface area contributed by atoms with Gasteiger partial charge in [0, 0.05) is 24.7 Å². The normalized spacial score (nSPS) is 22.2. The van der Waals surface area contributed by atoms with Crippen LogP contribution in [-0.2, 0) is 11.2 Å². The lowest BCUT2D eigenvalue weighted by Crippen LogP contribution is -2.49. The largest absolute Gasteiger partial charge is 0.496 e. The molecule has 1 fully saturated rings. The lowest BCUT2D eigenvalue weighted by molar-refractivity contribution is -0.134. The van der Waals surface area contributed by atoms with Gasteiger partial charge in [-0.15, -0.1) is 0 Å². The van der Waals surface area contributed by atoms with Crippen LogP contribution in [0.3, 0.4) is 0 Å². The summed E-state index contributed by atoms with van der Waals surface area (Å²) in [4.78, 5) is 14.6. The van der Waals surface area contributed by atoms with Crippen molar-refractivity contribution < 1.29 is 9.53 Å². The standard InChI is InChI=1S/C17H26N2O2/c1-12-4-5-16(21-3)14(8-12)10-17(20)19-7-6-13(2)9-15(19)11-18/h4-5,8,13,15H,6-7,9-11,18H2,1-3H3. The molecular formula is C17H26N2O2. The number of carbonyl (C=O) groups is 1. The summed E-state index contributed by atoms with van der Waals surface area (Å²) in [6.07, 6.45) is 2.45. The molecule has 1 heterocycles. The van der Waals surface area contributed by atoms with Gasteiger partial charge in [0.2, 0.25) is 5.91 Å². The minimum Gasteiger partial charge on any atom is -0.496 e. The maximum atomic E-state index is 12.6. The van der Waals surface area contributed by atoms with Crippen molar-refractivity contribution in [1.82, 2.24) is 4.90 Å². The molecule has 0 bridgehead atoms. The Hall–Kier alpha value is -1.55. The van der Waals surface area contributed by atoms with E-state index in [1.807, 2.05) is 30.0 Å². The number of hydrogen-bond acceptors (Lipinski definition) is 3. The maximum Gasteiger partial charge on any atom is 0.227 e.